The first-order chi connectivity index (χ1) is 12.8. The van der Waals surface area contributed by atoms with Crippen molar-refractivity contribution in [1.82, 2.24) is 9.80 Å². The molecule has 0 bridgehead atoms. The van der Waals surface area contributed by atoms with E-state index in [0.29, 0.717) is 19.6 Å². The molecule has 0 spiro atoms. The summed E-state index contributed by atoms with van der Waals surface area (Å²) < 4.78 is 5.68. The van der Waals surface area contributed by atoms with Crippen molar-refractivity contribution in [3.63, 3.8) is 0 Å². The summed E-state index contributed by atoms with van der Waals surface area (Å²) in [7, 11) is 0. The molecule has 140 valence electrons. The van der Waals surface area contributed by atoms with Crippen molar-refractivity contribution in [2.45, 2.75) is 32.4 Å². The number of carbonyl (C=O) groups excluding carboxylic acids is 1. The molecule has 1 aromatic carbocycles. The second kappa shape index (κ2) is 10.5. The van der Waals surface area contributed by atoms with Gasteiger partial charge in [0.05, 0.1) is 6.61 Å². The molecule has 0 unspecified atom stereocenters. The average Bonchev–Trinajstić information content (AvgIpc) is 3.06. The van der Waals surface area contributed by atoms with E-state index in [-0.39, 0.29) is 5.91 Å². The van der Waals surface area contributed by atoms with E-state index in [9.17, 15) is 4.79 Å². The predicted molar refractivity (Wildman–Crippen MR) is 106 cm³/mol. The lowest BCUT2D eigenvalue weighted by Gasteiger charge is -2.22. The Kier molecular flexibility index (Phi) is 7.67. The molecular weight excluding hydrogens is 344 g/mol. The zero-order valence-corrected chi connectivity index (χ0v) is 16.1. The van der Waals surface area contributed by atoms with Gasteiger partial charge in [0.1, 0.15) is 0 Å². The van der Waals surface area contributed by atoms with E-state index in [1.165, 1.54) is 11.1 Å². The monoisotopic (exact) mass is 372 g/mol. The van der Waals surface area contributed by atoms with E-state index in [0.717, 1.165) is 45.6 Å². The van der Waals surface area contributed by atoms with Gasteiger partial charge in [0.25, 0.3) is 0 Å². The molecule has 2 aromatic rings. The Morgan fingerprint density at radius 3 is 2.73 bits per heavy atom. The van der Waals surface area contributed by atoms with E-state index in [2.05, 4.69) is 33.9 Å². The van der Waals surface area contributed by atoms with Gasteiger partial charge in [0.2, 0.25) is 5.91 Å². The standard InChI is InChI=1S/C21H28N2O2S/c24-21(8-4-14-25-17-19-6-2-1-3-7-19)23-11-5-10-22(12-13-23)16-20-9-15-26-18-20/h1-3,6-7,9,15,18H,4-5,8,10-14,16-17H2. The zero-order chi connectivity index (χ0) is 18.0. The number of carbonyl (C=O) groups is 1. The lowest BCUT2D eigenvalue weighted by atomic mass is 10.2. The molecule has 3 rings (SSSR count). The van der Waals surface area contributed by atoms with Gasteiger partial charge >= 0.3 is 0 Å². The molecule has 0 aliphatic carbocycles. The fraction of sp³-hybridized carbons (Fsp3) is 0.476. The lowest BCUT2D eigenvalue weighted by molar-refractivity contribution is -0.131. The van der Waals surface area contributed by atoms with Crippen LogP contribution in [0.4, 0.5) is 0 Å². The Labute approximate surface area is 160 Å². The second-order valence-electron chi connectivity index (χ2n) is 6.78. The van der Waals surface area contributed by atoms with Gasteiger partial charge in [0, 0.05) is 45.8 Å². The van der Waals surface area contributed by atoms with Gasteiger partial charge < -0.3 is 9.64 Å². The topological polar surface area (TPSA) is 32.8 Å². The third kappa shape index (κ3) is 6.24. The van der Waals surface area contributed by atoms with Gasteiger partial charge in [-0.1, -0.05) is 30.3 Å². The quantitative estimate of drug-likeness (QED) is 0.661. The summed E-state index contributed by atoms with van der Waals surface area (Å²) in [5.41, 5.74) is 2.56. The SMILES string of the molecule is O=C(CCCOCc1ccccc1)N1CCCN(Cc2ccsc2)CC1. The molecule has 4 nitrogen and oxygen atoms in total. The first kappa shape index (κ1) is 19.1. The minimum absolute atomic E-state index is 0.269. The minimum Gasteiger partial charge on any atom is -0.377 e. The predicted octanol–water partition coefficient (Wildman–Crippen LogP) is 3.78. The maximum absolute atomic E-state index is 12.5. The third-order valence-corrected chi connectivity index (χ3v) is 5.45. The van der Waals surface area contributed by atoms with Gasteiger partial charge in [-0.15, -0.1) is 0 Å². The van der Waals surface area contributed by atoms with E-state index < -0.39 is 0 Å². The summed E-state index contributed by atoms with van der Waals surface area (Å²) in [6, 6.07) is 12.3. The van der Waals surface area contributed by atoms with Crippen LogP contribution >= 0.6 is 11.3 Å². The third-order valence-electron chi connectivity index (χ3n) is 4.72. The molecule has 0 N–H and O–H groups in total. The minimum atomic E-state index is 0.269. The largest absolute Gasteiger partial charge is 0.377 e. The van der Waals surface area contributed by atoms with E-state index in [1.54, 1.807) is 11.3 Å². The molecule has 1 fully saturated rings. The summed E-state index contributed by atoms with van der Waals surface area (Å²) in [6.07, 6.45) is 2.43. The van der Waals surface area contributed by atoms with Crippen molar-refractivity contribution in [1.29, 1.82) is 0 Å². The zero-order valence-electron chi connectivity index (χ0n) is 15.3. The molecule has 1 aliphatic rings. The van der Waals surface area contributed by atoms with Crippen LogP contribution in [0.2, 0.25) is 0 Å². The number of hydrogen-bond donors (Lipinski definition) is 0. The van der Waals surface area contributed by atoms with E-state index in [4.69, 9.17) is 4.74 Å². The molecule has 1 aliphatic heterocycles. The molecule has 0 saturated carbocycles. The van der Waals surface area contributed by atoms with Crippen LogP contribution < -0.4 is 0 Å². The van der Waals surface area contributed by atoms with Crippen LogP contribution in [0, 0.1) is 0 Å². The van der Waals surface area contributed by atoms with Crippen molar-refractivity contribution >= 4 is 17.2 Å². The van der Waals surface area contributed by atoms with Crippen molar-refractivity contribution < 1.29 is 9.53 Å². The van der Waals surface area contributed by atoms with Crippen molar-refractivity contribution in [2.75, 3.05) is 32.8 Å². The van der Waals surface area contributed by atoms with E-state index >= 15 is 0 Å². The first-order valence-corrected chi connectivity index (χ1v) is 10.4. The number of benzene rings is 1. The second-order valence-corrected chi connectivity index (χ2v) is 7.56. The molecule has 5 heteroatoms. The van der Waals surface area contributed by atoms with Crippen LogP contribution in [0.3, 0.4) is 0 Å². The summed E-state index contributed by atoms with van der Waals surface area (Å²) in [4.78, 5) is 17.0. The van der Waals surface area contributed by atoms with Crippen molar-refractivity contribution in [3.8, 4) is 0 Å². The molecule has 0 atom stereocenters. The molecule has 1 aromatic heterocycles. The number of nitrogens with zero attached hydrogens (tertiary/aromatic N) is 2. The molecular formula is C21H28N2O2S. The Bertz CT molecular complexity index is 645. The van der Waals surface area contributed by atoms with Crippen LogP contribution in [-0.4, -0.2) is 48.5 Å². The van der Waals surface area contributed by atoms with Crippen LogP contribution in [0.1, 0.15) is 30.4 Å². The number of ether oxygens (including phenoxy) is 1. The van der Waals surface area contributed by atoms with Crippen LogP contribution in [-0.2, 0) is 22.7 Å². The summed E-state index contributed by atoms with van der Waals surface area (Å²) in [5.74, 6) is 0.269. The Morgan fingerprint density at radius 2 is 1.92 bits per heavy atom. The molecule has 0 radical (unpaired) electrons. The van der Waals surface area contributed by atoms with Crippen LogP contribution in [0.5, 0.6) is 0 Å². The van der Waals surface area contributed by atoms with Gasteiger partial charge in [-0.2, -0.15) is 11.3 Å². The highest BCUT2D eigenvalue weighted by atomic mass is 32.1. The summed E-state index contributed by atoms with van der Waals surface area (Å²) in [6.45, 7) is 6.01. The average molecular weight is 373 g/mol. The van der Waals surface area contributed by atoms with Crippen LogP contribution in [0.15, 0.2) is 47.2 Å². The summed E-state index contributed by atoms with van der Waals surface area (Å²) in [5, 5.41) is 4.34. The Hall–Kier alpha value is -1.69. The van der Waals surface area contributed by atoms with Gasteiger partial charge in [-0.3, -0.25) is 9.69 Å². The first-order valence-electron chi connectivity index (χ1n) is 9.44. The normalized spacial score (nSPS) is 15.8. The maximum Gasteiger partial charge on any atom is 0.222 e. The fourth-order valence-electron chi connectivity index (χ4n) is 3.27. The van der Waals surface area contributed by atoms with Crippen molar-refractivity contribution in [3.05, 3.63) is 58.3 Å². The number of hydrogen-bond acceptors (Lipinski definition) is 4. The molecule has 26 heavy (non-hydrogen) atoms. The highest BCUT2D eigenvalue weighted by Gasteiger charge is 2.18. The molecule has 1 saturated heterocycles. The van der Waals surface area contributed by atoms with Crippen molar-refractivity contribution in [2.24, 2.45) is 0 Å². The maximum atomic E-state index is 12.5. The highest BCUT2D eigenvalue weighted by molar-refractivity contribution is 7.07. The molecule has 1 amide bonds. The van der Waals surface area contributed by atoms with Gasteiger partial charge in [-0.25, -0.2) is 0 Å². The number of thiophene rings is 1. The Balaban J connectivity index is 1.31. The Morgan fingerprint density at radius 1 is 1.04 bits per heavy atom. The number of amides is 1. The van der Waals surface area contributed by atoms with Gasteiger partial charge in [0.15, 0.2) is 0 Å². The smallest absolute Gasteiger partial charge is 0.222 e. The lowest BCUT2D eigenvalue weighted by Crippen LogP contribution is -2.35. The number of rotatable bonds is 8. The molecule has 2 heterocycles. The van der Waals surface area contributed by atoms with E-state index in [1.807, 2.05) is 23.1 Å². The highest BCUT2D eigenvalue weighted by Crippen LogP contribution is 2.13. The van der Waals surface area contributed by atoms with Crippen LogP contribution in [0.25, 0.3) is 0 Å². The summed E-state index contributed by atoms with van der Waals surface area (Å²) >= 11 is 1.75. The fourth-order valence-corrected chi connectivity index (χ4v) is 3.93. The van der Waals surface area contributed by atoms with Gasteiger partial charge in [-0.05, 0) is 40.8 Å².